The van der Waals surface area contributed by atoms with Gasteiger partial charge in [0, 0.05) is 13.1 Å². The van der Waals surface area contributed by atoms with Gasteiger partial charge in [-0.15, -0.1) is 0 Å². The van der Waals surface area contributed by atoms with E-state index in [-0.39, 0.29) is 0 Å². The summed E-state index contributed by atoms with van der Waals surface area (Å²) in [6, 6.07) is 0. The van der Waals surface area contributed by atoms with E-state index in [1.807, 2.05) is 27.7 Å². The molecule has 0 aromatic carbocycles. The highest BCUT2D eigenvalue weighted by molar-refractivity contribution is 7.89. The second-order valence-corrected chi connectivity index (χ2v) is 7.54. The van der Waals surface area contributed by atoms with Gasteiger partial charge in [-0.25, -0.2) is 8.42 Å². The number of sulfonamides is 1. The van der Waals surface area contributed by atoms with E-state index in [0.717, 1.165) is 11.4 Å². The van der Waals surface area contributed by atoms with Crippen LogP contribution in [0.15, 0.2) is 4.90 Å². The van der Waals surface area contributed by atoms with Crippen LogP contribution in [-0.2, 0) is 23.1 Å². The molecule has 9 heteroatoms. The van der Waals surface area contributed by atoms with E-state index in [9.17, 15) is 8.42 Å². The summed E-state index contributed by atoms with van der Waals surface area (Å²) in [6.07, 6.45) is 0. The van der Waals surface area contributed by atoms with Crippen LogP contribution in [0.2, 0.25) is 0 Å². The molecule has 0 radical (unpaired) electrons. The van der Waals surface area contributed by atoms with Crippen molar-refractivity contribution in [3.8, 4) is 0 Å². The fourth-order valence-electron chi connectivity index (χ4n) is 2.79. The molecule has 0 amide bonds. The van der Waals surface area contributed by atoms with Gasteiger partial charge in [-0.2, -0.15) is 24.4 Å². The number of hydrogen-bond acceptors (Lipinski definition) is 5. The topological polar surface area (TPSA) is 85.9 Å². The zero-order valence-electron chi connectivity index (χ0n) is 15.2. The summed E-state index contributed by atoms with van der Waals surface area (Å²) in [5, 5.41) is 13.2. The second kappa shape index (κ2) is 7.02. The minimum absolute atomic E-state index is 0.298. The molecule has 0 saturated heterocycles. The Kier molecular flexibility index (Phi) is 5.44. The summed E-state index contributed by atoms with van der Waals surface area (Å²) < 4.78 is 28.9. The van der Waals surface area contributed by atoms with E-state index in [4.69, 9.17) is 0 Å². The quantitative estimate of drug-likeness (QED) is 0.752. The Bertz CT molecular complexity index is 817. The van der Waals surface area contributed by atoms with Crippen LogP contribution >= 0.6 is 0 Å². The smallest absolute Gasteiger partial charge is 0.246 e. The largest absolute Gasteiger partial charge is 0.262 e. The first-order valence-corrected chi connectivity index (χ1v) is 9.64. The van der Waals surface area contributed by atoms with Gasteiger partial charge < -0.3 is 0 Å². The molecule has 0 aliphatic carbocycles. The standard InChI is InChI=1S/C15H26N6O2S/c1-7-19(8-2)24(22,23)15-12(5)16-20(13(15)6)10-14-11(4)17-21(9-3)18-14/h7-10H2,1-6H3. The molecule has 0 saturated carbocycles. The molecule has 0 unspecified atom stereocenters. The maximum atomic E-state index is 12.9. The molecule has 0 bridgehead atoms. The average Bonchev–Trinajstić information content (AvgIpc) is 3.01. The van der Waals surface area contributed by atoms with Gasteiger partial charge in [0.1, 0.15) is 10.6 Å². The van der Waals surface area contributed by atoms with Crippen molar-refractivity contribution in [3.63, 3.8) is 0 Å². The molecular weight excluding hydrogens is 328 g/mol. The highest BCUT2D eigenvalue weighted by Gasteiger charge is 2.29. The molecule has 0 spiro atoms. The fourth-order valence-corrected chi connectivity index (χ4v) is 4.63. The van der Waals surface area contributed by atoms with Crippen molar-refractivity contribution >= 4 is 10.0 Å². The van der Waals surface area contributed by atoms with Crippen molar-refractivity contribution in [2.45, 2.75) is 59.5 Å². The third kappa shape index (κ3) is 3.23. The van der Waals surface area contributed by atoms with Crippen LogP contribution in [0.4, 0.5) is 0 Å². The Hall–Kier alpha value is -1.74. The number of hydrogen-bond donors (Lipinski definition) is 0. The monoisotopic (exact) mass is 354 g/mol. The van der Waals surface area contributed by atoms with Crippen molar-refractivity contribution in [1.29, 1.82) is 0 Å². The van der Waals surface area contributed by atoms with E-state index < -0.39 is 10.0 Å². The van der Waals surface area contributed by atoms with Gasteiger partial charge in [0.2, 0.25) is 10.0 Å². The van der Waals surface area contributed by atoms with Crippen LogP contribution in [0.3, 0.4) is 0 Å². The van der Waals surface area contributed by atoms with Crippen LogP contribution in [0.25, 0.3) is 0 Å². The molecule has 0 N–H and O–H groups in total. The Labute approximate surface area is 143 Å². The number of aromatic nitrogens is 5. The number of nitrogens with zero attached hydrogens (tertiary/aromatic N) is 6. The zero-order chi connectivity index (χ0) is 18.1. The zero-order valence-corrected chi connectivity index (χ0v) is 16.1. The van der Waals surface area contributed by atoms with Gasteiger partial charge in [-0.3, -0.25) is 4.68 Å². The first-order valence-electron chi connectivity index (χ1n) is 8.20. The van der Waals surface area contributed by atoms with E-state index in [1.54, 1.807) is 23.3 Å². The third-order valence-electron chi connectivity index (χ3n) is 4.12. The number of aryl methyl sites for hydroxylation is 3. The Balaban J connectivity index is 2.44. The minimum atomic E-state index is -3.53. The van der Waals surface area contributed by atoms with Gasteiger partial charge in [-0.05, 0) is 27.7 Å². The normalized spacial score (nSPS) is 12.3. The lowest BCUT2D eigenvalue weighted by molar-refractivity contribution is 0.444. The molecule has 2 heterocycles. The second-order valence-electron chi connectivity index (χ2n) is 5.67. The van der Waals surface area contributed by atoms with Crippen LogP contribution in [0.1, 0.15) is 43.5 Å². The highest BCUT2D eigenvalue weighted by Crippen LogP contribution is 2.24. The summed E-state index contributed by atoms with van der Waals surface area (Å²) in [7, 11) is -3.53. The minimum Gasteiger partial charge on any atom is -0.262 e. The Morgan fingerprint density at radius 3 is 2.08 bits per heavy atom. The molecule has 2 rings (SSSR count). The van der Waals surface area contributed by atoms with E-state index in [0.29, 0.717) is 42.5 Å². The molecule has 0 aliphatic heterocycles. The molecular formula is C15H26N6O2S. The molecule has 24 heavy (non-hydrogen) atoms. The van der Waals surface area contributed by atoms with E-state index >= 15 is 0 Å². The fraction of sp³-hybridized carbons (Fsp3) is 0.667. The van der Waals surface area contributed by atoms with Crippen LogP contribution < -0.4 is 0 Å². The molecule has 0 atom stereocenters. The summed E-state index contributed by atoms with van der Waals surface area (Å²) in [5.74, 6) is 0. The summed E-state index contributed by atoms with van der Waals surface area (Å²) in [6.45, 7) is 13.0. The van der Waals surface area contributed by atoms with Gasteiger partial charge in [0.15, 0.2) is 0 Å². The predicted octanol–water partition coefficient (Wildman–Crippen LogP) is 1.50. The first-order chi connectivity index (χ1) is 11.3. The van der Waals surface area contributed by atoms with Crippen molar-refractivity contribution in [2.24, 2.45) is 0 Å². The highest BCUT2D eigenvalue weighted by atomic mass is 32.2. The molecule has 2 aromatic rings. The molecule has 0 aliphatic rings. The summed E-state index contributed by atoms with van der Waals surface area (Å²) in [5.41, 5.74) is 2.77. The van der Waals surface area contributed by atoms with Gasteiger partial charge >= 0.3 is 0 Å². The molecule has 8 nitrogen and oxygen atoms in total. The lowest BCUT2D eigenvalue weighted by atomic mass is 10.3. The average molecular weight is 354 g/mol. The van der Waals surface area contributed by atoms with Crippen molar-refractivity contribution in [3.05, 3.63) is 22.8 Å². The van der Waals surface area contributed by atoms with Gasteiger partial charge in [0.25, 0.3) is 0 Å². The van der Waals surface area contributed by atoms with Crippen molar-refractivity contribution in [1.82, 2.24) is 29.1 Å². The van der Waals surface area contributed by atoms with Crippen LogP contribution in [0.5, 0.6) is 0 Å². The lowest BCUT2D eigenvalue weighted by Gasteiger charge is -2.18. The summed E-state index contributed by atoms with van der Waals surface area (Å²) >= 11 is 0. The first kappa shape index (κ1) is 18.6. The van der Waals surface area contributed by atoms with E-state index in [1.165, 1.54) is 4.31 Å². The third-order valence-corrected chi connectivity index (χ3v) is 6.42. The Morgan fingerprint density at radius 2 is 1.58 bits per heavy atom. The maximum Gasteiger partial charge on any atom is 0.246 e. The molecule has 134 valence electrons. The SMILES string of the molecule is CCN(CC)S(=O)(=O)c1c(C)nn(Cc2nn(CC)nc2C)c1C. The van der Waals surface area contributed by atoms with E-state index in [2.05, 4.69) is 15.3 Å². The lowest BCUT2D eigenvalue weighted by Crippen LogP contribution is -2.31. The molecule has 2 aromatic heterocycles. The van der Waals surface area contributed by atoms with Crippen molar-refractivity contribution in [2.75, 3.05) is 13.1 Å². The Morgan fingerprint density at radius 1 is 0.958 bits per heavy atom. The predicted molar refractivity (Wildman–Crippen MR) is 91.3 cm³/mol. The maximum absolute atomic E-state index is 12.9. The van der Waals surface area contributed by atoms with Gasteiger partial charge in [-0.1, -0.05) is 13.8 Å². The van der Waals surface area contributed by atoms with Crippen LogP contribution in [0, 0.1) is 20.8 Å². The van der Waals surface area contributed by atoms with Crippen molar-refractivity contribution < 1.29 is 8.42 Å². The number of rotatable bonds is 7. The molecule has 0 fully saturated rings. The van der Waals surface area contributed by atoms with Crippen LogP contribution in [-0.4, -0.2) is 50.6 Å². The summed E-state index contributed by atoms with van der Waals surface area (Å²) in [4.78, 5) is 1.93. The van der Waals surface area contributed by atoms with Gasteiger partial charge in [0.05, 0.1) is 30.2 Å².